The lowest BCUT2D eigenvalue weighted by molar-refractivity contribution is -0.385. The number of nitro benzene ring substituents is 1. The molecule has 2 heterocycles. The number of nitrogens with zero attached hydrogens (tertiary/aromatic N) is 3. The molecule has 9 nitrogen and oxygen atoms in total. The number of aromatic nitrogens is 1. The summed E-state index contributed by atoms with van der Waals surface area (Å²) in [5.74, 6) is -1.64. The van der Waals surface area contributed by atoms with Gasteiger partial charge in [-0.25, -0.2) is 4.98 Å². The Morgan fingerprint density at radius 2 is 2.12 bits per heavy atom. The summed E-state index contributed by atoms with van der Waals surface area (Å²) in [6, 6.07) is 3.86. The van der Waals surface area contributed by atoms with Crippen molar-refractivity contribution >= 4 is 51.5 Å². The van der Waals surface area contributed by atoms with E-state index < -0.39 is 28.3 Å². The summed E-state index contributed by atoms with van der Waals surface area (Å²) in [5.41, 5.74) is -0.0744. The first-order valence-corrected chi connectivity index (χ1v) is 8.77. The van der Waals surface area contributed by atoms with Crippen molar-refractivity contribution < 1.29 is 19.3 Å². The third-order valence-corrected chi connectivity index (χ3v) is 4.75. The molecule has 11 heteroatoms. The SMILES string of the molecule is O=C(CCN1C(=O)c2cccc([N+](=O)[O-])c2C1=O)Nc1nc(CCl)cs1. The van der Waals surface area contributed by atoms with Crippen molar-refractivity contribution in [3.05, 3.63) is 50.5 Å². The van der Waals surface area contributed by atoms with E-state index in [0.717, 1.165) is 11.0 Å². The minimum absolute atomic E-state index is 0.0312. The molecule has 0 fully saturated rings. The number of carbonyl (C=O) groups excluding carboxylic acids is 3. The van der Waals surface area contributed by atoms with E-state index in [1.165, 1.54) is 23.5 Å². The summed E-state index contributed by atoms with van der Waals surface area (Å²) in [6.45, 7) is -0.191. The second-order valence-electron chi connectivity index (χ2n) is 5.29. The molecule has 3 rings (SSSR count). The fourth-order valence-corrected chi connectivity index (χ4v) is 3.45. The van der Waals surface area contributed by atoms with Gasteiger partial charge < -0.3 is 5.32 Å². The fraction of sp³-hybridized carbons (Fsp3) is 0.200. The molecule has 0 bridgehead atoms. The van der Waals surface area contributed by atoms with Gasteiger partial charge in [0, 0.05) is 24.4 Å². The van der Waals surface area contributed by atoms with Gasteiger partial charge in [0.15, 0.2) is 5.13 Å². The predicted molar refractivity (Wildman–Crippen MR) is 93.4 cm³/mol. The summed E-state index contributed by atoms with van der Waals surface area (Å²) in [7, 11) is 0. The Hall–Kier alpha value is -2.85. The van der Waals surface area contributed by atoms with Crippen LogP contribution in [0, 0.1) is 10.1 Å². The maximum Gasteiger partial charge on any atom is 0.282 e. The highest BCUT2D eigenvalue weighted by Gasteiger charge is 2.40. The number of anilines is 1. The Bertz CT molecular complexity index is 929. The summed E-state index contributed by atoms with van der Waals surface area (Å²) < 4.78 is 0. The van der Waals surface area contributed by atoms with Crippen LogP contribution in [0.15, 0.2) is 23.6 Å². The Morgan fingerprint density at radius 1 is 1.35 bits per heavy atom. The average Bonchev–Trinajstić information content (AvgIpc) is 3.16. The van der Waals surface area contributed by atoms with E-state index in [0.29, 0.717) is 10.8 Å². The van der Waals surface area contributed by atoms with Gasteiger partial charge in [0.2, 0.25) is 5.91 Å². The molecule has 1 aromatic heterocycles. The predicted octanol–water partition coefficient (Wildman–Crippen LogP) is 2.41. The lowest BCUT2D eigenvalue weighted by Crippen LogP contribution is -2.33. The number of fused-ring (bicyclic) bond motifs is 1. The van der Waals surface area contributed by atoms with Crippen LogP contribution in [-0.4, -0.2) is 39.1 Å². The molecule has 1 aliphatic heterocycles. The van der Waals surface area contributed by atoms with E-state index in [4.69, 9.17) is 11.6 Å². The number of amides is 3. The molecule has 1 aromatic carbocycles. The fourth-order valence-electron chi connectivity index (χ4n) is 2.49. The number of nitro groups is 1. The van der Waals surface area contributed by atoms with Crippen molar-refractivity contribution in [1.29, 1.82) is 0 Å². The molecule has 0 saturated carbocycles. The summed E-state index contributed by atoms with van der Waals surface area (Å²) in [4.78, 5) is 52.0. The van der Waals surface area contributed by atoms with Crippen LogP contribution in [0.5, 0.6) is 0 Å². The largest absolute Gasteiger partial charge is 0.302 e. The zero-order chi connectivity index (χ0) is 18.8. The van der Waals surface area contributed by atoms with Crippen LogP contribution in [-0.2, 0) is 10.7 Å². The monoisotopic (exact) mass is 394 g/mol. The molecule has 0 unspecified atom stereocenters. The molecule has 2 aromatic rings. The maximum absolute atomic E-state index is 12.4. The second kappa shape index (κ2) is 7.18. The Morgan fingerprint density at radius 3 is 2.77 bits per heavy atom. The lowest BCUT2D eigenvalue weighted by atomic mass is 10.1. The smallest absolute Gasteiger partial charge is 0.282 e. The average molecular weight is 395 g/mol. The highest BCUT2D eigenvalue weighted by molar-refractivity contribution is 7.13. The van der Waals surface area contributed by atoms with Gasteiger partial charge in [0.05, 0.1) is 22.1 Å². The van der Waals surface area contributed by atoms with Crippen LogP contribution < -0.4 is 5.32 Å². The normalized spacial score (nSPS) is 13.0. The first kappa shape index (κ1) is 18.0. The first-order chi connectivity index (χ1) is 12.4. The number of hydrogen-bond donors (Lipinski definition) is 1. The number of carbonyl (C=O) groups is 3. The van der Waals surface area contributed by atoms with Gasteiger partial charge >= 0.3 is 0 Å². The molecule has 3 amide bonds. The zero-order valence-electron chi connectivity index (χ0n) is 13.1. The minimum Gasteiger partial charge on any atom is -0.302 e. The zero-order valence-corrected chi connectivity index (χ0v) is 14.7. The van der Waals surface area contributed by atoms with Crippen molar-refractivity contribution in [2.45, 2.75) is 12.3 Å². The standard InChI is InChI=1S/C15H11ClN4O5S/c16-6-8-7-26-15(17-8)18-11(21)4-5-19-13(22)9-2-1-3-10(20(24)25)12(9)14(19)23/h1-3,7H,4-6H2,(H,17,18,21). The number of imide groups is 1. The van der Waals surface area contributed by atoms with Crippen LogP contribution in [0.2, 0.25) is 0 Å². The van der Waals surface area contributed by atoms with Crippen molar-refractivity contribution in [2.24, 2.45) is 0 Å². The molecular weight excluding hydrogens is 384 g/mol. The molecule has 26 heavy (non-hydrogen) atoms. The summed E-state index contributed by atoms with van der Waals surface area (Å²) >= 11 is 6.84. The Balaban J connectivity index is 1.68. The molecule has 1 aliphatic rings. The number of nitrogens with one attached hydrogen (secondary N) is 1. The van der Waals surface area contributed by atoms with Crippen LogP contribution >= 0.6 is 22.9 Å². The maximum atomic E-state index is 12.4. The van der Waals surface area contributed by atoms with Crippen LogP contribution in [0.1, 0.15) is 32.8 Å². The number of halogens is 1. The van der Waals surface area contributed by atoms with Crippen molar-refractivity contribution in [3.8, 4) is 0 Å². The molecule has 0 saturated heterocycles. The molecule has 0 aliphatic carbocycles. The van der Waals surface area contributed by atoms with E-state index in [1.54, 1.807) is 5.38 Å². The summed E-state index contributed by atoms with van der Waals surface area (Å²) in [5, 5.41) is 15.7. The first-order valence-electron chi connectivity index (χ1n) is 7.36. The number of hydrogen-bond acceptors (Lipinski definition) is 7. The third kappa shape index (κ3) is 3.28. The lowest BCUT2D eigenvalue weighted by Gasteiger charge is -2.12. The summed E-state index contributed by atoms with van der Waals surface area (Å²) in [6.07, 6.45) is -0.158. The highest BCUT2D eigenvalue weighted by atomic mass is 35.5. The topological polar surface area (TPSA) is 123 Å². The molecule has 0 atom stereocenters. The quantitative estimate of drug-likeness (QED) is 0.347. The number of benzene rings is 1. The van der Waals surface area contributed by atoms with Gasteiger partial charge in [0.25, 0.3) is 17.5 Å². The second-order valence-corrected chi connectivity index (χ2v) is 6.42. The van der Waals surface area contributed by atoms with Gasteiger partial charge in [0.1, 0.15) is 5.56 Å². The van der Waals surface area contributed by atoms with Gasteiger partial charge in [-0.3, -0.25) is 29.4 Å². The highest BCUT2D eigenvalue weighted by Crippen LogP contribution is 2.30. The van der Waals surface area contributed by atoms with E-state index in [9.17, 15) is 24.5 Å². The van der Waals surface area contributed by atoms with Crippen molar-refractivity contribution in [3.63, 3.8) is 0 Å². The van der Waals surface area contributed by atoms with Gasteiger partial charge in [-0.1, -0.05) is 6.07 Å². The van der Waals surface area contributed by atoms with E-state index in [2.05, 4.69) is 10.3 Å². The van der Waals surface area contributed by atoms with Crippen LogP contribution in [0.25, 0.3) is 0 Å². The molecule has 0 radical (unpaired) electrons. The van der Waals surface area contributed by atoms with Crippen molar-refractivity contribution in [1.82, 2.24) is 9.88 Å². The molecule has 1 N–H and O–H groups in total. The number of alkyl halides is 1. The third-order valence-electron chi connectivity index (χ3n) is 3.67. The van der Waals surface area contributed by atoms with Crippen molar-refractivity contribution in [2.75, 3.05) is 11.9 Å². The van der Waals surface area contributed by atoms with E-state index in [1.807, 2.05) is 0 Å². The number of thiazole rings is 1. The van der Waals surface area contributed by atoms with Gasteiger partial charge in [-0.15, -0.1) is 22.9 Å². The van der Waals surface area contributed by atoms with Gasteiger partial charge in [-0.2, -0.15) is 0 Å². The molecule has 134 valence electrons. The van der Waals surface area contributed by atoms with Gasteiger partial charge in [-0.05, 0) is 6.07 Å². The molecular formula is C15H11ClN4O5S. The number of rotatable bonds is 6. The van der Waals surface area contributed by atoms with Crippen LogP contribution in [0.3, 0.4) is 0 Å². The van der Waals surface area contributed by atoms with E-state index >= 15 is 0 Å². The molecule has 0 spiro atoms. The van der Waals surface area contributed by atoms with E-state index in [-0.39, 0.29) is 30.0 Å². The van der Waals surface area contributed by atoms with Crippen LogP contribution in [0.4, 0.5) is 10.8 Å². The minimum atomic E-state index is -0.774. The Labute approximate surface area is 155 Å². The Kier molecular flexibility index (Phi) is 4.96.